The Morgan fingerprint density at radius 3 is 2.85 bits per heavy atom. The molecule has 0 fully saturated rings. The van der Waals surface area contributed by atoms with Crippen LogP contribution in [0, 0.1) is 16.0 Å². The Hall–Kier alpha value is -3.02. The molecule has 4 rings (SSSR count). The number of ether oxygens (including phenoxy) is 2. The normalized spacial score (nSPS) is 22.5. The Balaban J connectivity index is 1.79. The van der Waals surface area contributed by atoms with Crippen molar-refractivity contribution in [1.29, 1.82) is 0 Å². The first kappa shape index (κ1) is 17.4. The summed E-state index contributed by atoms with van der Waals surface area (Å²) in [5.41, 5.74) is 3.08. The van der Waals surface area contributed by atoms with Gasteiger partial charge in [0.15, 0.2) is 5.75 Å². The molecule has 0 saturated carbocycles. The summed E-state index contributed by atoms with van der Waals surface area (Å²) in [6.07, 6.45) is 5.37. The molecule has 6 heteroatoms. The van der Waals surface area contributed by atoms with E-state index < -0.39 is 4.92 Å². The van der Waals surface area contributed by atoms with E-state index in [1.54, 1.807) is 12.1 Å². The molecule has 0 unspecified atom stereocenters. The molecule has 0 radical (unpaired) electrons. The fraction of sp³-hybridized carbons (Fsp3) is 0.333. The number of nitrogens with one attached hydrogen (secondary N) is 1. The third kappa shape index (κ3) is 2.91. The topological polar surface area (TPSA) is 73.6 Å². The van der Waals surface area contributed by atoms with Gasteiger partial charge in [0, 0.05) is 12.0 Å². The fourth-order valence-electron chi connectivity index (χ4n) is 4.24. The van der Waals surface area contributed by atoms with E-state index in [1.165, 1.54) is 12.7 Å². The lowest BCUT2D eigenvalue weighted by atomic mass is 9.77. The zero-order chi connectivity index (χ0) is 19.0. The molecule has 2 aliphatic rings. The number of hydrogen-bond acceptors (Lipinski definition) is 5. The van der Waals surface area contributed by atoms with E-state index in [4.69, 9.17) is 9.47 Å². The summed E-state index contributed by atoms with van der Waals surface area (Å²) in [4.78, 5) is 11.1. The molecule has 0 spiro atoms. The lowest BCUT2D eigenvalue weighted by molar-refractivity contribution is -0.385. The number of nitro groups is 1. The number of nitro benzene ring substituents is 1. The second-order valence-electron chi connectivity index (χ2n) is 6.82. The molecule has 0 bridgehead atoms. The molecule has 1 aliphatic carbocycles. The van der Waals surface area contributed by atoms with Gasteiger partial charge in [0.1, 0.15) is 5.75 Å². The highest BCUT2D eigenvalue weighted by Gasteiger charge is 2.39. The maximum Gasteiger partial charge on any atom is 0.311 e. The van der Waals surface area contributed by atoms with Crippen molar-refractivity contribution in [3.8, 4) is 11.5 Å². The number of benzene rings is 2. The second kappa shape index (κ2) is 6.95. The average Bonchev–Trinajstić information content (AvgIpc) is 3.17. The van der Waals surface area contributed by atoms with E-state index in [1.807, 2.05) is 25.1 Å². The zero-order valence-electron chi connectivity index (χ0n) is 15.3. The Morgan fingerprint density at radius 1 is 1.26 bits per heavy atom. The van der Waals surface area contributed by atoms with Gasteiger partial charge in [-0.05, 0) is 42.5 Å². The number of nitrogens with zero attached hydrogens (tertiary/aromatic N) is 1. The van der Waals surface area contributed by atoms with E-state index in [-0.39, 0.29) is 23.4 Å². The van der Waals surface area contributed by atoms with Crippen molar-refractivity contribution >= 4 is 11.4 Å². The predicted molar refractivity (Wildman–Crippen MR) is 104 cm³/mol. The van der Waals surface area contributed by atoms with Crippen LogP contribution in [0.2, 0.25) is 0 Å². The van der Waals surface area contributed by atoms with Gasteiger partial charge >= 0.3 is 5.69 Å². The molecule has 2 aromatic carbocycles. The molecule has 0 amide bonds. The highest BCUT2D eigenvalue weighted by atomic mass is 16.6. The van der Waals surface area contributed by atoms with E-state index in [9.17, 15) is 10.1 Å². The van der Waals surface area contributed by atoms with Gasteiger partial charge < -0.3 is 14.8 Å². The van der Waals surface area contributed by atoms with E-state index in [0.29, 0.717) is 12.5 Å². The van der Waals surface area contributed by atoms with Crippen molar-refractivity contribution in [1.82, 2.24) is 0 Å². The van der Waals surface area contributed by atoms with Gasteiger partial charge in [-0.15, -0.1) is 0 Å². The van der Waals surface area contributed by atoms with Crippen LogP contribution in [-0.2, 0) is 0 Å². The van der Waals surface area contributed by atoms with Gasteiger partial charge in [-0.25, -0.2) is 0 Å². The summed E-state index contributed by atoms with van der Waals surface area (Å²) < 4.78 is 11.0. The van der Waals surface area contributed by atoms with Gasteiger partial charge in [0.05, 0.1) is 30.4 Å². The first-order chi connectivity index (χ1) is 13.1. The van der Waals surface area contributed by atoms with Crippen LogP contribution in [-0.4, -0.2) is 18.6 Å². The van der Waals surface area contributed by atoms with Crippen LogP contribution >= 0.6 is 0 Å². The quantitative estimate of drug-likeness (QED) is 0.466. The SMILES string of the molecule is CCOc1cccc2c1N[C@H](c1ccc(OC)c([N+](=O)[O-])c1)[C@H]1CC=C[C@H]21. The van der Waals surface area contributed by atoms with Crippen LogP contribution in [0.4, 0.5) is 11.4 Å². The van der Waals surface area contributed by atoms with Gasteiger partial charge in [0.25, 0.3) is 0 Å². The summed E-state index contributed by atoms with van der Waals surface area (Å²) in [6, 6.07) is 11.3. The minimum Gasteiger partial charge on any atom is -0.492 e. The number of allylic oxidation sites excluding steroid dienone is 2. The van der Waals surface area contributed by atoms with E-state index >= 15 is 0 Å². The highest BCUT2D eigenvalue weighted by molar-refractivity contribution is 5.68. The molecule has 2 aromatic rings. The minimum absolute atomic E-state index is 0.0109. The van der Waals surface area contributed by atoms with Crippen LogP contribution in [0.5, 0.6) is 11.5 Å². The highest BCUT2D eigenvalue weighted by Crippen LogP contribution is 2.52. The molecule has 27 heavy (non-hydrogen) atoms. The van der Waals surface area contributed by atoms with E-state index in [0.717, 1.165) is 23.4 Å². The Labute approximate surface area is 158 Å². The van der Waals surface area contributed by atoms with Crippen molar-refractivity contribution in [3.63, 3.8) is 0 Å². The predicted octanol–water partition coefficient (Wildman–Crippen LogP) is 4.83. The van der Waals surface area contributed by atoms with Gasteiger partial charge in [-0.2, -0.15) is 0 Å². The van der Waals surface area contributed by atoms with E-state index in [2.05, 4.69) is 23.5 Å². The van der Waals surface area contributed by atoms with Crippen molar-refractivity contribution < 1.29 is 14.4 Å². The Kier molecular flexibility index (Phi) is 4.48. The number of methoxy groups -OCH3 is 1. The monoisotopic (exact) mass is 366 g/mol. The molecule has 1 aliphatic heterocycles. The molecular formula is C21H22N2O4. The first-order valence-corrected chi connectivity index (χ1v) is 9.15. The number of hydrogen-bond donors (Lipinski definition) is 1. The third-order valence-electron chi connectivity index (χ3n) is 5.42. The molecule has 6 nitrogen and oxygen atoms in total. The lowest BCUT2D eigenvalue weighted by Gasteiger charge is -2.38. The van der Waals surface area contributed by atoms with Crippen LogP contribution in [0.25, 0.3) is 0 Å². The molecule has 1 heterocycles. The number of fused-ring (bicyclic) bond motifs is 3. The molecule has 0 aromatic heterocycles. The van der Waals surface area contributed by atoms with Gasteiger partial charge in [-0.1, -0.05) is 30.4 Å². The third-order valence-corrected chi connectivity index (χ3v) is 5.42. The van der Waals surface area contributed by atoms with Crippen molar-refractivity contribution in [3.05, 3.63) is 69.8 Å². The standard InChI is InChI=1S/C21H22N2O4/c1-3-27-19-9-5-8-16-14-6-4-7-15(14)20(22-21(16)19)13-10-11-18(26-2)17(12-13)23(24)25/h4-6,8-12,14-15,20,22H,3,7H2,1-2H3/t14-,15-,20+/m0/s1. The van der Waals surface area contributed by atoms with Crippen LogP contribution < -0.4 is 14.8 Å². The second-order valence-corrected chi connectivity index (χ2v) is 6.82. The smallest absolute Gasteiger partial charge is 0.311 e. The van der Waals surface area contributed by atoms with Crippen LogP contribution in [0.15, 0.2) is 48.6 Å². The molecule has 0 saturated heterocycles. The first-order valence-electron chi connectivity index (χ1n) is 9.15. The summed E-state index contributed by atoms with van der Waals surface area (Å²) in [7, 11) is 1.45. The maximum atomic E-state index is 11.5. The fourth-order valence-corrected chi connectivity index (χ4v) is 4.24. The molecule has 140 valence electrons. The summed E-state index contributed by atoms with van der Waals surface area (Å²) in [5, 5.41) is 15.1. The Morgan fingerprint density at radius 2 is 2.11 bits per heavy atom. The zero-order valence-corrected chi connectivity index (χ0v) is 15.3. The Bertz CT molecular complexity index is 909. The maximum absolute atomic E-state index is 11.5. The molecule has 1 N–H and O–H groups in total. The van der Waals surface area contributed by atoms with Crippen molar-refractivity contribution in [2.45, 2.75) is 25.3 Å². The molecular weight excluding hydrogens is 344 g/mol. The lowest BCUT2D eigenvalue weighted by Crippen LogP contribution is -2.29. The number of rotatable bonds is 5. The number of para-hydroxylation sites is 1. The van der Waals surface area contributed by atoms with Crippen molar-refractivity contribution in [2.75, 3.05) is 19.0 Å². The van der Waals surface area contributed by atoms with Crippen molar-refractivity contribution in [2.24, 2.45) is 5.92 Å². The largest absolute Gasteiger partial charge is 0.492 e. The average molecular weight is 366 g/mol. The van der Waals surface area contributed by atoms with Gasteiger partial charge in [0.2, 0.25) is 0 Å². The van der Waals surface area contributed by atoms with Crippen LogP contribution in [0.3, 0.4) is 0 Å². The summed E-state index contributed by atoms with van der Waals surface area (Å²) >= 11 is 0. The minimum atomic E-state index is -0.394. The van der Waals surface area contributed by atoms with Gasteiger partial charge in [-0.3, -0.25) is 10.1 Å². The summed E-state index contributed by atoms with van der Waals surface area (Å²) in [5.74, 6) is 1.67. The molecule has 3 atom stereocenters. The van der Waals surface area contributed by atoms with Crippen LogP contribution in [0.1, 0.15) is 36.4 Å². The summed E-state index contributed by atoms with van der Waals surface area (Å²) in [6.45, 7) is 2.55. The number of anilines is 1.